The van der Waals surface area contributed by atoms with E-state index < -0.39 is 10.0 Å². The smallest absolute Gasteiger partial charge is 0.240 e. The molecule has 0 aliphatic carbocycles. The third-order valence-corrected chi connectivity index (χ3v) is 2.98. The number of primary sulfonamides is 1. The number of anilines is 1. The summed E-state index contributed by atoms with van der Waals surface area (Å²) in [6.07, 6.45) is 0. The molecule has 0 aromatic heterocycles. The Bertz CT molecular complexity index is 498. The molecule has 82 valence electrons. The molecule has 0 fully saturated rings. The van der Waals surface area contributed by atoms with Crippen molar-refractivity contribution in [3.05, 3.63) is 12.1 Å². The van der Waals surface area contributed by atoms with E-state index in [2.05, 4.69) is 0 Å². The summed E-state index contributed by atoms with van der Waals surface area (Å²) >= 11 is 0. The van der Waals surface area contributed by atoms with Gasteiger partial charge in [0, 0.05) is 0 Å². The molecule has 0 unspecified atom stereocenters. The lowest BCUT2D eigenvalue weighted by molar-refractivity contribution is 0.172. The average Bonchev–Trinajstić information content (AvgIpc) is 2.16. The maximum absolute atomic E-state index is 11.1. The van der Waals surface area contributed by atoms with Gasteiger partial charge in [-0.3, -0.25) is 0 Å². The Balaban J connectivity index is 2.63. The van der Waals surface area contributed by atoms with Gasteiger partial charge in [0.2, 0.25) is 10.0 Å². The van der Waals surface area contributed by atoms with E-state index in [-0.39, 0.29) is 16.3 Å². The van der Waals surface area contributed by atoms with E-state index in [1.165, 1.54) is 12.1 Å². The Morgan fingerprint density at radius 2 is 1.87 bits per heavy atom. The third kappa shape index (κ3) is 1.71. The van der Waals surface area contributed by atoms with Crippen molar-refractivity contribution in [3.63, 3.8) is 0 Å². The first kappa shape index (κ1) is 10.1. The molecule has 1 aromatic carbocycles. The van der Waals surface area contributed by atoms with E-state index in [0.717, 1.165) is 0 Å². The zero-order valence-electron chi connectivity index (χ0n) is 7.76. The van der Waals surface area contributed by atoms with Crippen LogP contribution in [0.15, 0.2) is 17.0 Å². The second-order valence-electron chi connectivity index (χ2n) is 3.05. The number of nitrogen functional groups attached to an aromatic ring is 1. The van der Waals surface area contributed by atoms with Gasteiger partial charge in [-0.15, -0.1) is 0 Å². The molecule has 1 aliphatic rings. The van der Waals surface area contributed by atoms with Crippen LogP contribution >= 0.6 is 0 Å². The molecule has 15 heavy (non-hydrogen) atoms. The van der Waals surface area contributed by atoms with Gasteiger partial charge in [-0.05, 0) is 12.1 Å². The van der Waals surface area contributed by atoms with Crippen molar-refractivity contribution in [2.24, 2.45) is 5.14 Å². The molecule has 0 saturated carbocycles. The van der Waals surface area contributed by atoms with Gasteiger partial charge in [0.05, 0.1) is 5.69 Å². The van der Waals surface area contributed by atoms with Crippen molar-refractivity contribution in [1.29, 1.82) is 0 Å². The van der Waals surface area contributed by atoms with Gasteiger partial charge >= 0.3 is 0 Å². The van der Waals surface area contributed by atoms with Crippen LogP contribution in [0.2, 0.25) is 0 Å². The Morgan fingerprint density at radius 1 is 1.20 bits per heavy atom. The van der Waals surface area contributed by atoms with Crippen LogP contribution < -0.4 is 20.3 Å². The van der Waals surface area contributed by atoms with E-state index in [1.807, 2.05) is 0 Å². The van der Waals surface area contributed by atoms with Crippen molar-refractivity contribution in [2.75, 3.05) is 18.9 Å². The maximum Gasteiger partial charge on any atom is 0.240 e. The van der Waals surface area contributed by atoms with Crippen molar-refractivity contribution in [3.8, 4) is 11.5 Å². The second kappa shape index (κ2) is 3.28. The van der Waals surface area contributed by atoms with Crippen molar-refractivity contribution in [1.82, 2.24) is 0 Å². The summed E-state index contributed by atoms with van der Waals surface area (Å²) < 4.78 is 32.7. The molecule has 4 N–H and O–H groups in total. The fourth-order valence-corrected chi connectivity index (χ4v) is 2.02. The maximum atomic E-state index is 11.1. The number of nitrogens with two attached hydrogens (primary N) is 2. The highest BCUT2D eigenvalue weighted by Crippen LogP contribution is 2.39. The van der Waals surface area contributed by atoms with Crippen LogP contribution in [0.1, 0.15) is 0 Å². The number of sulfonamides is 1. The first-order valence-corrected chi connectivity index (χ1v) is 5.75. The van der Waals surface area contributed by atoms with Gasteiger partial charge in [0.1, 0.15) is 18.1 Å². The average molecular weight is 230 g/mol. The lowest BCUT2D eigenvalue weighted by Gasteiger charge is -2.20. The quantitative estimate of drug-likeness (QED) is 0.644. The van der Waals surface area contributed by atoms with Gasteiger partial charge in [-0.2, -0.15) is 0 Å². The molecule has 2 rings (SSSR count). The lowest BCUT2D eigenvalue weighted by atomic mass is 10.2. The Morgan fingerprint density at radius 3 is 2.53 bits per heavy atom. The number of hydrogen-bond acceptors (Lipinski definition) is 5. The molecule has 0 bridgehead atoms. The van der Waals surface area contributed by atoms with E-state index in [4.69, 9.17) is 20.3 Å². The molecule has 1 aromatic rings. The first-order chi connectivity index (χ1) is 7.00. The Labute approximate surface area is 86.8 Å². The highest BCUT2D eigenvalue weighted by molar-refractivity contribution is 7.89. The number of benzene rings is 1. The minimum absolute atomic E-state index is 0.00491. The molecule has 6 nitrogen and oxygen atoms in total. The van der Waals surface area contributed by atoms with Gasteiger partial charge in [0.25, 0.3) is 0 Å². The molecule has 0 amide bonds. The summed E-state index contributed by atoms with van der Waals surface area (Å²) in [7, 11) is -3.83. The van der Waals surface area contributed by atoms with Gasteiger partial charge in [-0.1, -0.05) is 0 Å². The molecule has 0 atom stereocenters. The molecule has 0 saturated heterocycles. The fraction of sp³-hybridized carbons (Fsp3) is 0.250. The number of hydrogen-bond donors (Lipinski definition) is 2. The number of rotatable bonds is 1. The summed E-state index contributed by atoms with van der Waals surface area (Å²) in [4.78, 5) is -0.147. The number of fused-ring (bicyclic) bond motifs is 1. The van der Waals surface area contributed by atoms with Crippen LogP contribution in [0.5, 0.6) is 11.5 Å². The monoisotopic (exact) mass is 230 g/mol. The first-order valence-electron chi connectivity index (χ1n) is 4.21. The lowest BCUT2D eigenvalue weighted by Crippen LogP contribution is -2.19. The SMILES string of the molecule is Nc1c(S(N)(=O)=O)ccc2c1OCCO2. The van der Waals surface area contributed by atoms with Crippen LogP contribution in [0, 0.1) is 0 Å². The predicted molar refractivity (Wildman–Crippen MR) is 53.2 cm³/mol. The molecular weight excluding hydrogens is 220 g/mol. The summed E-state index contributed by atoms with van der Waals surface area (Å²) in [6.45, 7) is 0.756. The normalized spacial score (nSPS) is 15.0. The van der Waals surface area contributed by atoms with Crippen LogP contribution in [0.25, 0.3) is 0 Å². The van der Waals surface area contributed by atoms with Crippen LogP contribution in [0.4, 0.5) is 5.69 Å². The minimum atomic E-state index is -3.83. The predicted octanol–water partition coefficient (Wildman–Crippen LogP) is -0.313. The zero-order chi connectivity index (χ0) is 11.1. The molecular formula is C8H10N2O4S. The van der Waals surface area contributed by atoms with Crippen LogP contribution in [-0.2, 0) is 10.0 Å². The van der Waals surface area contributed by atoms with Gasteiger partial charge in [0.15, 0.2) is 11.5 Å². The highest BCUT2D eigenvalue weighted by atomic mass is 32.2. The fourth-order valence-electron chi connectivity index (χ4n) is 1.37. The highest BCUT2D eigenvalue weighted by Gasteiger charge is 2.22. The van der Waals surface area contributed by atoms with E-state index in [9.17, 15) is 8.42 Å². The summed E-state index contributed by atoms with van der Waals surface area (Å²) in [5, 5.41) is 4.99. The molecule has 0 spiro atoms. The van der Waals surface area contributed by atoms with Gasteiger partial charge in [-0.25, -0.2) is 13.6 Å². The molecule has 1 heterocycles. The molecule has 7 heteroatoms. The second-order valence-corrected chi connectivity index (χ2v) is 4.58. The summed E-state index contributed by atoms with van der Waals surface area (Å²) in [6, 6.07) is 2.78. The van der Waals surface area contributed by atoms with E-state index in [0.29, 0.717) is 19.0 Å². The molecule has 1 aliphatic heterocycles. The zero-order valence-corrected chi connectivity index (χ0v) is 8.58. The van der Waals surface area contributed by atoms with Crippen molar-refractivity contribution < 1.29 is 17.9 Å². The molecule has 0 radical (unpaired) electrons. The topological polar surface area (TPSA) is 105 Å². The standard InChI is InChI=1S/C8H10N2O4S/c9-7-6(15(10,11)12)2-1-5-8(7)14-4-3-13-5/h1-2H,3-4,9H2,(H2,10,11,12). The largest absolute Gasteiger partial charge is 0.486 e. The summed E-state index contributed by atoms with van der Waals surface area (Å²) in [5.74, 6) is 0.680. The summed E-state index contributed by atoms with van der Waals surface area (Å²) in [5.41, 5.74) is 5.62. The van der Waals surface area contributed by atoms with E-state index in [1.54, 1.807) is 0 Å². The minimum Gasteiger partial charge on any atom is -0.486 e. The third-order valence-electron chi connectivity index (χ3n) is 2.01. The van der Waals surface area contributed by atoms with Crippen LogP contribution in [0.3, 0.4) is 0 Å². The van der Waals surface area contributed by atoms with Gasteiger partial charge < -0.3 is 15.2 Å². The van der Waals surface area contributed by atoms with E-state index >= 15 is 0 Å². The van der Waals surface area contributed by atoms with Crippen molar-refractivity contribution in [2.45, 2.75) is 4.90 Å². The van der Waals surface area contributed by atoms with Crippen molar-refractivity contribution >= 4 is 15.7 Å². The number of ether oxygens (including phenoxy) is 2. The Kier molecular flexibility index (Phi) is 2.20. The van der Waals surface area contributed by atoms with Crippen LogP contribution in [-0.4, -0.2) is 21.6 Å². The Hall–Kier alpha value is -1.47.